The molecule has 0 atom stereocenters. The second kappa shape index (κ2) is 6.74. The van der Waals surface area contributed by atoms with E-state index >= 15 is 0 Å². The van der Waals surface area contributed by atoms with E-state index in [1.807, 2.05) is 26.8 Å². The van der Waals surface area contributed by atoms with Crippen molar-refractivity contribution in [2.45, 2.75) is 33.7 Å². The summed E-state index contributed by atoms with van der Waals surface area (Å²) in [4.78, 5) is 24.7. The lowest BCUT2D eigenvalue weighted by Crippen LogP contribution is -2.16. The quantitative estimate of drug-likeness (QED) is 0.859. The van der Waals surface area contributed by atoms with Gasteiger partial charge >= 0.3 is 5.97 Å². The number of nitrogens with one attached hydrogen (secondary N) is 1. The molecule has 0 radical (unpaired) electrons. The zero-order valence-electron chi connectivity index (χ0n) is 13.1. The van der Waals surface area contributed by atoms with Crippen molar-refractivity contribution in [1.82, 2.24) is 9.78 Å². The Hall–Kier alpha value is -2.15. The molecule has 0 aliphatic carbocycles. The van der Waals surface area contributed by atoms with E-state index in [4.69, 9.17) is 4.74 Å². The molecule has 0 unspecified atom stereocenters. The Morgan fingerprint density at radius 1 is 1.32 bits per heavy atom. The van der Waals surface area contributed by atoms with Gasteiger partial charge in [0.15, 0.2) is 0 Å². The van der Waals surface area contributed by atoms with Crippen LogP contribution in [0.4, 0.5) is 5.00 Å². The molecule has 2 rings (SSSR count). The maximum absolute atomic E-state index is 12.1. The highest BCUT2D eigenvalue weighted by molar-refractivity contribution is 7.16. The standard InChI is InChI=1S/C15H19N3O3S/c1-9-7-10(2)18(17-9)6-5-13(19)16-14-12(15(20)21-4)8-11(3)22-14/h7-8H,5-6H2,1-4H3,(H,16,19). The van der Waals surface area contributed by atoms with E-state index in [0.717, 1.165) is 16.3 Å². The topological polar surface area (TPSA) is 73.2 Å². The second-order valence-electron chi connectivity index (χ2n) is 5.04. The SMILES string of the molecule is COC(=O)c1cc(C)sc1NC(=O)CCn1nc(C)cc1C. The van der Waals surface area contributed by atoms with Crippen LogP contribution in [-0.2, 0) is 16.1 Å². The molecule has 0 bridgehead atoms. The largest absolute Gasteiger partial charge is 0.465 e. The van der Waals surface area contributed by atoms with Crippen molar-refractivity contribution < 1.29 is 14.3 Å². The van der Waals surface area contributed by atoms with Crippen LogP contribution in [-0.4, -0.2) is 28.8 Å². The van der Waals surface area contributed by atoms with E-state index in [-0.39, 0.29) is 5.91 Å². The molecule has 0 aliphatic rings. The molecule has 7 heteroatoms. The molecule has 0 fully saturated rings. The number of aryl methyl sites for hydroxylation is 4. The van der Waals surface area contributed by atoms with Gasteiger partial charge in [-0.3, -0.25) is 9.48 Å². The molecule has 22 heavy (non-hydrogen) atoms. The molecule has 0 saturated heterocycles. The number of thiophene rings is 1. The number of ether oxygens (including phenoxy) is 1. The molecule has 0 saturated carbocycles. The lowest BCUT2D eigenvalue weighted by atomic mass is 10.3. The third-order valence-electron chi connectivity index (χ3n) is 3.17. The number of hydrogen-bond donors (Lipinski definition) is 1. The number of rotatable bonds is 5. The minimum absolute atomic E-state index is 0.153. The van der Waals surface area contributed by atoms with E-state index in [0.29, 0.717) is 23.5 Å². The number of aromatic nitrogens is 2. The van der Waals surface area contributed by atoms with Gasteiger partial charge in [-0.25, -0.2) is 4.79 Å². The molecular weight excluding hydrogens is 302 g/mol. The fourth-order valence-corrected chi connectivity index (χ4v) is 3.08. The van der Waals surface area contributed by atoms with Crippen LogP contribution in [0.1, 0.15) is 33.0 Å². The molecule has 0 spiro atoms. The Balaban J connectivity index is 2.00. The van der Waals surface area contributed by atoms with Gasteiger partial charge < -0.3 is 10.1 Å². The van der Waals surface area contributed by atoms with Crippen molar-refractivity contribution in [3.8, 4) is 0 Å². The third kappa shape index (κ3) is 3.73. The first kappa shape index (κ1) is 16.2. The van der Waals surface area contributed by atoms with Gasteiger partial charge in [-0.2, -0.15) is 5.10 Å². The highest BCUT2D eigenvalue weighted by Gasteiger charge is 2.17. The lowest BCUT2D eigenvalue weighted by molar-refractivity contribution is -0.116. The van der Waals surface area contributed by atoms with Crippen LogP contribution in [0.3, 0.4) is 0 Å². The number of anilines is 1. The summed E-state index contributed by atoms with van der Waals surface area (Å²) in [6.45, 7) is 6.25. The van der Waals surface area contributed by atoms with Gasteiger partial charge in [0.05, 0.1) is 18.4 Å². The number of carbonyl (C=O) groups excluding carboxylic acids is 2. The minimum atomic E-state index is -0.446. The predicted octanol–water partition coefficient (Wildman–Crippen LogP) is 2.69. The van der Waals surface area contributed by atoms with Crippen LogP contribution in [0.25, 0.3) is 0 Å². The predicted molar refractivity (Wildman–Crippen MR) is 85.3 cm³/mol. The summed E-state index contributed by atoms with van der Waals surface area (Å²) < 4.78 is 6.52. The van der Waals surface area contributed by atoms with E-state index in [2.05, 4.69) is 10.4 Å². The van der Waals surface area contributed by atoms with Crippen molar-refractivity contribution in [2.75, 3.05) is 12.4 Å². The van der Waals surface area contributed by atoms with Gasteiger partial charge in [0.25, 0.3) is 0 Å². The van der Waals surface area contributed by atoms with E-state index < -0.39 is 5.97 Å². The molecule has 2 aromatic heterocycles. The van der Waals surface area contributed by atoms with Crippen molar-refractivity contribution >= 4 is 28.2 Å². The van der Waals surface area contributed by atoms with E-state index in [1.165, 1.54) is 18.4 Å². The summed E-state index contributed by atoms with van der Waals surface area (Å²) in [6, 6.07) is 3.68. The first-order chi connectivity index (χ1) is 10.4. The lowest BCUT2D eigenvalue weighted by Gasteiger charge is -2.06. The Labute approximate surface area is 133 Å². The number of methoxy groups -OCH3 is 1. The molecule has 1 amide bonds. The van der Waals surface area contributed by atoms with Crippen LogP contribution in [0.5, 0.6) is 0 Å². The van der Waals surface area contributed by atoms with Crippen LogP contribution in [0.2, 0.25) is 0 Å². The summed E-state index contributed by atoms with van der Waals surface area (Å²) in [6.07, 6.45) is 0.291. The molecule has 118 valence electrons. The number of nitrogens with zero attached hydrogens (tertiary/aromatic N) is 2. The van der Waals surface area contributed by atoms with Gasteiger partial charge in [0.1, 0.15) is 5.00 Å². The molecule has 1 N–H and O–H groups in total. The van der Waals surface area contributed by atoms with Crippen LogP contribution in [0.15, 0.2) is 12.1 Å². The molecule has 6 nitrogen and oxygen atoms in total. The maximum Gasteiger partial charge on any atom is 0.340 e. The van der Waals surface area contributed by atoms with Crippen molar-refractivity contribution in [3.05, 3.63) is 34.0 Å². The van der Waals surface area contributed by atoms with Crippen molar-refractivity contribution in [3.63, 3.8) is 0 Å². The zero-order chi connectivity index (χ0) is 16.3. The second-order valence-corrected chi connectivity index (χ2v) is 6.30. The summed E-state index contributed by atoms with van der Waals surface area (Å²) in [7, 11) is 1.32. The number of carbonyl (C=O) groups is 2. The smallest absolute Gasteiger partial charge is 0.340 e. The Morgan fingerprint density at radius 2 is 2.05 bits per heavy atom. The summed E-state index contributed by atoms with van der Waals surface area (Å²) in [5, 5.41) is 7.63. The van der Waals surface area contributed by atoms with Crippen molar-refractivity contribution in [2.24, 2.45) is 0 Å². The highest BCUT2D eigenvalue weighted by atomic mass is 32.1. The van der Waals surface area contributed by atoms with Crippen molar-refractivity contribution in [1.29, 1.82) is 0 Å². The third-order valence-corrected chi connectivity index (χ3v) is 4.13. The summed E-state index contributed by atoms with van der Waals surface area (Å²) in [5.41, 5.74) is 2.34. The van der Waals surface area contributed by atoms with Gasteiger partial charge in [-0.15, -0.1) is 11.3 Å². The van der Waals surface area contributed by atoms with Crippen LogP contribution < -0.4 is 5.32 Å². The van der Waals surface area contributed by atoms with Gasteiger partial charge in [-0.1, -0.05) is 0 Å². The van der Waals surface area contributed by atoms with E-state index in [1.54, 1.807) is 10.7 Å². The first-order valence-electron chi connectivity index (χ1n) is 6.90. The Morgan fingerprint density at radius 3 is 2.64 bits per heavy atom. The number of hydrogen-bond acceptors (Lipinski definition) is 5. The average molecular weight is 321 g/mol. The van der Waals surface area contributed by atoms with E-state index in [9.17, 15) is 9.59 Å². The van der Waals surface area contributed by atoms with Gasteiger partial charge in [-0.05, 0) is 32.9 Å². The molecule has 0 aromatic carbocycles. The highest BCUT2D eigenvalue weighted by Crippen LogP contribution is 2.28. The van der Waals surface area contributed by atoms with Crippen LogP contribution in [0, 0.1) is 20.8 Å². The average Bonchev–Trinajstić information content (AvgIpc) is 2.98. The first-order valence-corrected chi connectivity index (χ1v) is 7.72. The Bertz CT molecular complexity index is 703. The van der Waals surface area contributed by atoms with Crippen LogP contribution >= 0.6 is 11.3 Å². The number of esters is 1. The maximum atomic E-state index is 12.1. The fraction of sp³-hybridized carbons (Fsp3) is 0.400. The normalized spacial score (nSPS) is 10.5. The number of amides is 1. The molecule has 2 heterocycles. The summed E-state index contributed by atoms with van der Waals surface area (Å²) in [5.74, 6) is -0.599. The fourth-order valence-electron chi connectivity index (χ4n) is 2.17. The summed E-state index contributed by atoms with van der Waals surface area (Å²) >= 11 is 1.36. The molecule has 0 aliphatic heterocycles. The molecular formula is C15H19N3O3S. The monoisotopic (exact) mass is 321 g/mol. The van der Waals surface area contributed by atoms with Gasteiger partial charge in [0.2, 0.25) is 5.91 Å². The zero-order valence-corrected chi connectivity index (χ0v) is 13.9. The van der Waals surface area contributed by atoms with Gasteiger partial charge in [0, 0.05) is 23.5 Å². The minimum Gasteiger partial charge on any atom is -0.465 e. The Kier molecular flexibility index (Phi) is 4.97. The molecule has 2 aromatic rings.